The van der Waals surface area contributed by atoms with Crippen LogP contribution in [0.4, 0.5) is 13.2 Å². The van der Waals surface area contributed by atoms with Crippen LogP contribution >= 0.6 is 11.3 Å². The zero-order chi connectivity index (χ0) is 18.6. The monoisotopic (exact) mass is 382 g/mol. The smallest absolute Gasteiger partial charge is 0.352 e. The Balaban J connectivity index is 1.42. The Labute approximate surface area is 154 Å². The van der Waals surface area contributed by atoms with Gasteiger partial charge in [0.25, 0.3) is 5.91 Å². The largest absolute Gasteiger partial charge is 0.416 e. The summed E-state index contributed by atoms with van der Waals surface area (Å²) in [6.07, 6.45) is -2.36. The van der Waals surface area contributed by atoms with Gasteiger partial charge >= 0.3 is 6.18 Å². The molecule has 0 bridgehead atoms. The number of amides is 1. The molecule has 1 N–H and O–H groups in total. The van der Waals surface area contributed by atoms with E-state index in [9.17, 15) is 18.0 Å². The lowest BCUT2D eigenvalue weighted by Gasteiger charge is -2.31. The highest BCUT2D eigenvalue weighted by Crippen LogP contribution is 2.29. The van der Waals surface area contributed by atoms with Crippen LogP contribution in [0, 0.1) is 5.92 Å². The zero-order valence-corrected chi connectivity index (χ0v) is 15.1. The van der Waals surface area contributed by atoms with Crippen LogP contribution in [-0.2, 0) is 12.7 Å². The van der Waals surface area contributed by atoms with E-state index < -0.39 is 11.7 Å². The normalized spacial score (nSPS) is 16.6. The summed E-state index contributed by atoms with van der Waals surface area (Å²) in [5.74, 6) is 0.0905. The summed E-state index contributed by atoms with van der Waals surface area (Å²) in [5.41, 5.74) is -0.486. The minimum atomic E-state index is -4.38. The van der Waals surface area contributed by atoms with Gasteiger partial charge in [0.1, 0.15) is 0 Å². The highest BCUT2D eigenvalue weighted by atomic mass is 32.1. The molecule has 0 aliphatic carbocycles. The fraction of sp³-hybridized carbons (Fsp3) is 0.421. The molecule has 3 rings (SSSR count). The predicted molar refractivity (Wildman–Crippen MR) is 96.1 cm³/mol. The number of halogens is 3. The maximum Gasteiger partial charge on any atom is 0.416 e. The molecular formula is C19H21F3N2OS. The average molecular weight is 382 g/mol. The molecule has 140 valence electrons. The van der Waals surface area contributed by atoms with Gasteiger partial charge in [-0.05, 0) is 67.6 Å². The predicted octanol–water partition coefficient (Wildman–Crippen LogP) is 4.41. The van der Waals surface area contributed by atoms with E-state index in [4.69, 9.17) is 0 Å². The number of carbonyl (C=O) groups excluding carboxylic acids is 1. The second-order valence-corrected chi connectivity index (χ2v) is 7.62. The fourth-order valence-electron chi connectivity index (χ4n) is 3.12. The molecule has 0 saturated carbocycles. The van der Waals surface area contributed by atoms with Gasteiger partial charge in [0, 0.05) is 23.5 Å². The molecule has 1 aliphatic rings. The number of carbonyl (C=O) groups is 1. The van der Waals surface area contributed by atoms with Gasteiger partial charge < -0.3 is 5.32 Å². The van der Waals surface area contributed by atoms with Crippen molar-refractivity contribution in [1.82, 2.24) is 10.2 Å². The quantitative estimate of drug-likeness (QED) is 0.831. The lowest BCUT2D eigenvalue weighted by Crippen LogP contribution is -2.38. The summed E-state index contributed by atoms with van der Waals surface area (Å²) in [5, 5.41) is 4.93. The number of hydrogen-bond acceptors (Lipinski definition) is 3. The van der Waals surface area contributed by atoms with Crippen molar-refractivity contribution in [3.63, 3.8) is 0 Å². The van der Waals surface area contributed by atoms with Gasteiger partial charge in [0.05, 0.1) is 5.56 Å². The Hall–Kier alpha value is -1.86. The highest BCUT2D eigenvalue weighted by Gasteiger charge is 2.30. The van der Waals surface area contributed by atoms with Gasteiger partial charge in [-0.25, -0.2) is 0 Å². The summed E-state index contributed by atoms with van der Waals surface area (Å²) in [6.45, 7) is 3.53. The second-order valence-electron chi connectivity index (χ2n) is 6.58. The fourth-order valence-corrected chi connectivity index (χ4v) is 3.87. The van der Waals surface area contributed by atoms with Crippen molar-refractivity contribution in [3.05, 3.63) is 57.8 Å². The summed E-state index contributed by atoms with van der Waals surface area (Å²) < 4.78 is 37.7. The average Bonchev–Trinajstić information content (AvgIpc) is 3.13. The van der Waals surface area contributed by atoms with Crippen LogP contribution in [0.3, 0.4) is 0 Å². The lowest BCUT2D eigenvalue weighted by molar-refractivity contribution is -0.137. The molecule has 0 spiro atoms. The standard InChI is InChI=1S/C19H21F3N2OS/c20-19(21,22)16-5-3-15(4-6-16)18(25)23-12-14-7-9-24(10-8-14)13-17-2-1-11-26-17/h1-6,11,14H,7-10,12-13H2,(H,23,25). The molecule has 1 aliphatic heterocycles. The van der Waals surface area contributed by atoms with Gasteiger partial charge in [-0.15, -0.1) is 11.3 Å². The second kappa shape index (κ2) is 8.22. The van der Waals surface area contributed by atoms with E-state index in [1.165, 1.54) is 17.0 Å². The lowest BCUT2D eigenvalue weighted by atomic mass is 9.96. The van der Waals surface area contributed by atoms with E-state index in [1.807, 2.05) is 0 Å². The van der Waals surface area contributed by atoms with Crippen molar-refractivity contribution in [3.8, 4) is 0 Å². The molecule has 1 aromatic heterocycles. The minimum absolute atomic E-state index is 0.258. The van der Waals surface area contributed by atoms with Crippen molar-refractivity contribution in [2.75, 3.05) is 19.6 Å². The molecule has 0 unspecified atom stereocenters. The van der Waals surface area contributed by atoms with E-state index in [2.05, 4.69) is 27.7 Å². The maximum absolute atomic E-state index is 12.6. The Morgan fingerprint density at radius 2 is 1.85 bits per heavy atom. The van der Waals surface area contributed by atoms with Crippen LogP contribution in [0.25, 0.3) is 0 Å². The Kier molecular flexibility index (Phi) is 5.98. The number of hydrogen-bond donors (Lipinski definition) is 1. The van der Waals surface area contributed by atoms with Crippen molar-refractivity contribution >= 4 is 17.2 Å². The Morgan fingerprint density at radius 3 is 2.42 bits per heavy atom. The molecule has 1 aromatic carbocycles. The maximum atomic E-state index is 12.6. The number of rotatable bonds is 5. The van der Waals surface area contributed by atoms with E-state index in [0.717, 1.165) is 44.6 Å². The molecule has 0 atom stereocenters. The van der Waals surface area contributed by atoms with Crippen molar-refractivity contribution in [2.24, 2.45) is 5.92 Å². The minimum Gasteiger partial charge on any atom is -0.352 e. The summed E-state index contributed by atoms with van der Waals surface area (Å²) in [7, 11) is 0. The molecular weight excluding hydrogens is 361 g/mol. The number of nitrogens with zero attached hydrogens (tertiary/aromatic N) is 1. The van der Waals surface area contributed by atoms with Crippen molar-refractivity contribution < 1.29 is 18.0 Å². The van der Waals surface area contributed by atoms with Gasteiger partial charge in [-0.1, -0.05) is 6.07 Å². The molecule has 0 radical (unpaired) electrons. The van der Waals surface area contributed by atoms with E-state index in [-0.39, 0.29) is 11.5 Å². The number of thiophene rings is 1. The van der Waals surface area contributed by atoms with Gasteiger partial charge in [-0.2, -0.15) is 13.2 Å². The van der Waals surface area contributed by atoms with Gasteiger partial charge in [-0.3, -0.25) is 9.69 Å². The summed E-state index contributed by atoms with van der Waals surface area (Å²) >= 11 is 1.76. The van der Waals surface area contributed by atoms with Crippen LogP contribution in [-0.4, -0.2) is 30.4 Å². The number of benzene rings is 1. The molecule has 2 aromatic rings. The van der Waals surface area contributed by atoms with Gasteiger partial charge in [0.2, 0.25) is 0 Å². The molecule has 1 fully saturated rings. The van der Waals surface area contributed by atoms with E-state index in [0.29, 0.717) is 12.5 Å². The van der Waals surface area contributed by atoms with E-state index in [1.54, 1.807) is 11.3 Å². The Morgan fingerprint density at radius 1 is 1.15 bits per heavy atom. The van der Waals surface area contributed by atoms with Crippen LogP contribution in [0.2, 0.25) is 0 Å². The summed E-state index contributed by atoms with van der Waals surface area (Å²) in [4.78, 5) is 15.9. The van der Waals surface area contributed by atoms with Gasteiger partial charge in [0.15, 0.2) is 0 Å². The third-order valence-electron chi connectivity index (χ3n) is 4.69. The molecule has 1 saturated heterocycles. The first-order chi connectivity index (χ1) is 12.4. The number of alkyl halides is 3. The number of piperidine rings is 1. The SMILES string of the molecule is O=C(NCC1CCN(Cc2cccs2)CC1)c1ccc(C(F)(F)F)cc1. The molecule has 1 amide bonds. The Bertz CT molecular complexity index is 705. The van der Waals surface area contributed by atoms with Crippen molar-refractivity contribution in [1.29, 1.82) is 0 Å². The van der Waals surface area contributed by atoms with Crippen LogP contribution < -0.4 is 5.32 Å². The molecule has 3 nitrogen and oxygen atoms in total. The first kappa shape index (κ1) is 18.9. The van der Waals surface area contributed by atoms with Crippen LogP contribution in [0.5, 0.6) is 0 Å². The van der Waals surface area contributed by atoms with E-state index >= 15 is 0 Å². The number of nitrogens with one attached hydrogen (secondary N) is 1. The van der Waals surface area contributed by atoms with Crippen LogP contribution in [0.15, 0.2) is 41.8 Å². The first-order valence-corrected chi connectivity index (χ1v) is 9.50. The third-order valence-corrected chi connectivity index (χ3v) is 5.55. The third kappa shape index (κ3) is 5.08. The highest BCUT2D eigenvalue weighted by molar-refractivity contribution is 7.09. The topological polar surface area (TPSA) is 32.3 Å². The zero-order valence-electron chi connectivity index (χ0n) is 14.3. The first-order valence-electron chi connectivity index (χ1n) is 8.62. The summed E-state index contributed by atoms with van der Waals surface area (Å²) in [6, 6.07) is 8.53. The van der Waals surface area contributed by atoms with Crippen LogP contribution in [0.1, 0.15) is 33.6 Å². The number of likely N-dealkylation sites (tertiary alicyclic amines) is 1. The molecule has 7 heteroatoms. The molecule has 2 heterocycles. The molecule has 26 heavy (non-hydrogen) atoms. The van der Waals surface area contributed by atoms with Crippen molar-refractivity contribution in [2.45, 2.75) is 25.6 Å².